The van der Waals surface area contributed by atoms with Crippen molar-refractivity contribution in [2.75, 3.05) is 0 Å². The van der Waals surface area contributed by atoms with Crippen LogP contribution < -0.4 is 5.73 Å². The molecule has 1 atom stereocenters. The van der Waals surface area contributed by atoms with Crippen LogP contribution >= 0.6 is 12.4 Å². The Morgan fingerprint density at radius 2 is 2.33 bits per heavy atom. The summed E-state index contributed by atoms with van der Waals surface area (Å²) in [5, 5.41) is 0. The normalized spacial score (nSPS) is 12.2. The Morgan fingerprint density at radius 3 is 2.56 bits per heavy atom. The Labute approximate surface area is 60.4 Å². The van der Waals surface area contributed by atoms with Crippen molar-refractivity contribution in [3.63, 3.8) is 0 Å². The van der Waals surface area contributed by atoms with E-state index >= 15 is 0 Å². The first-order valence-electron chi connectivity index (χ1n) is 2.59. The van der Waals surface area contributed by atoms with E-state index in [1.807, 2.05) is 19.1 Å². The zero-order valence-electron chi connectivity index (χ0n) is 5.20. The molecule has 0 spiro atoms. The summed E-state index contributed by atoms with van der Waals surface area (Å²) >= 11 is 0. The van der Waals surface area contributed by atoms with Gasteiger partial charge in [-0.25, -0.2) is 0 Å². The van der Waals surface area contributed by atoms with Crippen molar-refractivity contribution >= 4 is 12.4 Å². The first-order valence-corrected chi connectivity index (χ1v) is 2.59. The SMILES string of the molecule is C[C@H](N)c1ccco1.Cl. The molecule has 0 aromatic carbocycles. The van der Waals surface area contributed by atoms with Crippen molar-refractivity contribution < 1.29 is 4.42 Å². The summed E-state index contributed by atoms with van der Waals surface area (Å²) in [6, 6.07) is 3.72. The lowest BCUT2D eigenvalue weighted by atomic mass is 10.3. The number of furan rings is 1. The summed E-state index contributed by atoms with van der Waals surface area (Å²) in [6.45, 7) is 1.89. The molecule has 0 bridgehead atoms. The summed E-state index contributed by atoms with van der Waals surface area (Å²) in [6.07, 6.45) is 1.62. The molecule has 0 radical (unpaired) electrons. The fourth-order valence-electron chi connectivity index (χ4n) is 0.550. The van der Waals surface area contributed by atoms with Gasteiger partial charge in [-0.05, 0) is 19.1 Å². The van der Waals surface area contributed by atoms with Gasteiger partial charge in [-0.2, -0.15) is 0 Å². The van der Waals surface area contributed by atoms with Crippen LogP contribution in [0.4, 0.5) is 0 Å². The van der Waals surface area contributed by atoms with Crippen LogP contribution in [0.1, 0.15) is 18.7 Å². The first-order chi connectivity index (χ1) is 3.80. The zero-order chi connectivity index (χ0) is 5.98. The summed E-state index contributed by atoms with van der Waals surface area (Å²) in [7, 11) is 0. The van der Waals surface area contributed by atoms with E-state index in [0.29, 0.717) is 0 Å². The van der Waals surface area contributed by atoms with Gasteiger partial charge in [-0.3, -0.25) is 0 Å². The van der Waals surface area contributed by atoms with Crippen molar-refractivity contribution in [3.8, 4) is 0 Å². The largest absolute Gasteiger partial charge is 0.468 e. The second kappa shape index (κ2) is 3.54. The number of rotatable bonds is 1. The van der Waals surface area contributed by atoms with Crippen LogP contribution in [0.3, 0.4) is 0 Å². The van der Waals surface area contributed by atoms with Crippen molar-refractivity contribution in [3.05, 3.63) is 24.2 Å². The zero-order valence-corrected chi connectivity index (χ0v) is 6.02. The van der Waals surface area contributed by atoms with Crippen LogP contribution in [-0.4, -0.2) is 0 Å². The summed E-state index contributed by atoms with van der Waals surface area (Å²) in [5.74, 6) is 0.838. The lowest BCUT2D eigenvalue weighted by Gasteiger charge is -1.95. The van der Waals surface area contributed by atoms with Gasteiger partial charge in [0, 0.05) is 0 Å². The minimum atomic E-state index is 0. The molecule has 1 aromatic rings. The average Bonchev–Trinajstić information content (AvgIpc) is 2.12. The summed E-state index contributed by atoms with van der Waals surface area (Å²) in [5.41, 5.74) is 5.46. The van der Waals surface area contributed by atoms with Crippen LogP contribution in [0.5, 0.6) is 0 Å². The van der Waals surface area contributed by atoms with E-state index in [1.165, 1.54) is 0 Å². The van der Waals surface area contributed by atoms with E-state index in [2.05, 4.69) is 0 Å². The second-order valence-electron chi connectivity index (χ2n) is 1.80. The van der Waals surface area contributed by atoms with Crippen LogP contribution in [0, 0.1) is 0 Å². The van der Waals surface area contributed by atoms with Gasteiger partial charge >= 0.3 is 0 Å². The predicted octanol–water partition coefficient (Wildman–Crippen LogP) is 1.72. The van der Waals surface area contributed by atoms with E-state index < -0.39 is 0 Å². The van der Waals surface area contributed by atoms with Gasteiger partial charge in [0.25, 0.3) is 0 Å². The quantitative estimate of drug-likeness (QED) is 0.657. The molecule has 1 rings (SSSR count). The molecule has 2 N–H and O–H groups in total. The standard InChI is InChI=1S/C6H9NO.ClH/c1-5(7)6-3-2-4-8-6;/h2-5H,7H2,1H3;1H/t5-;/m0./s1. The molecule has 9 heavy (non-hydrogen) atoms. The summed E-state index contributed by atoms with van der Waals surface area (Å²) < 4.78 is 4.97. The maximum atomic E-state index is 5.46. The van der Waals surface area contributed by atoms with Crippen LogP contribution in [-0.2, 0) is 0 Å². The molecule has 3 heteroatoms. The van der Waals surface area contributed by atoms with E-state index in [0.717, 1.165) is 5.76 Å². The number of hydrogen-bond acceptors (Lipinski definition) is 2. The molecule has 1 aromatic heterocycles. The average molecular weight is 148 g/mol. The molecule has 1 heterocycles. The highest BCUT2D eigenvalue weighted by atomic mass is 35.5. The molecule has 0 saturated carbocycles. The van der Waals surface area contributed by atoms with Crippen LogP contribution in [0.2, 0.25) is 0 Å². The third kappa shape index (κ3) is 2.08. The molecular weight excluding hydrogens is 138 g/mol. The molecule has 0 aliphatic rings. The Balaban J connectivity index is 0.000000640. The van der Waals surface area contributed by atoms with Crippen molar-refractivity contribution in [2.45, 2.75) is 13.0 Å². The van der Waals surface area contributed by atoms with Crippen LogP contribution in [0.25, 0.3) is 0 Å². The minimum absolute atomic E-state index is 0. The molecule has 0 aliphatic heterocycles. The van der Waals surface area contributed by atoms with Gasteiger partial charge in [0.1, 0.15) is 5.76 Å². The molecule has 52 valence electrons. The molecule has 0 aliphatic carbocycles. The molecule has 0 amide bonds. The first kappa shape index (κ1) is 8.53. The molecule has 0 fully saturated rings. The summed E-state index contributed by atoms with van der Waals surface area (Å²) in [4.78, 5) is 0. The molecule has 0 unspecified atom stereocenters. The lowest BCUT2D eigenvalue weighted by molar-refractivity contribution is 0.480. The number of nitrogens with two attached hydrogens (primary N) is 1. The number of halogens is 1. The Bertz CT molecular complexity index is 148. The Hall–Kier alpha value is -0.470. The minimum Gasteiger partial charge on any atom is -0.468 e. The van der Waals surface area contributed by atoms with Crippen molar-refractivity contribution in [1.29, 1.82) is 0 Å². The van der Waals surface area contributed by atoms with Gasteiger partial charge in [0.15, 0.2) is 0 Å². The highest BCUT2D eigenvalue weighted by Crippen LogP contribution is 2.07. The van der Waals surface area contributed by atoms with Gasteiger partial charge in [0.2, 0.25) is 0 Å². The number of hydrogen-bond donors (Lipinski definition) is 1. The third-order valence-electron chi connectivity index (χ3n) is 0.992. The van der Waals surface area contributed by atoms with Gasteiger partial charge in [-0.1, -0.05) is 0 Å². The Morgan fingerprint density at radius 1 is 1.67 bits per heavy atom. The Kier molecular flexibility index (Phi) is 3.35. The predicted molar refractivity (Wildman–Crippen MR) is 38.6 cm³/mol. The van der Waals surface area contributed by atoms with E-state index in [9.17, 15) is 0 Å². The third-order valence-corrected chi connectivity index (χ3v) is 0.992. The fraction of sp³-hybridized carbons (Fsp3) is 0.333. The topological polar surface area (TPSA) is 39.2 Å². The highest BCUT2D eigenvalue weighted by Gasteiger charge is 1.98. The van der Waals surface area contributed by atoms with Gasteiger partial charge in [-0.15, -0.1) is 12.4 Å². The van der Waals surface area contributed by atoms with Gasteiger partial charge < -0.3 is 10.2 Å². The van der Waals surface area contributed by atoms with Crippen molar-refractivity contribution in [2.24, 2.45) is 5.73 Å². The maximum absolute atomic E-state index is 5.46. The monoisotopic (exact) mass is 147 g/mol. The fourth-order valence-corrected chi connectivity index (χ4v) is 0.550. The van der Waals surface area contributed by atoms with Gasteiger partial charge in [0.05, 0.1) is 12.3 Å². The molecule has 2 nitrogen and oxygen atoms in total. The highest BCUT2D eigenvalue weighted by molar-refractivity contribution is 5.85. The lowest BCUT2D eigenvalue weighted by Crippen LogP contribution is -2.02. The smallest absolute Gasteiger partial charge is 0.120 e. The van der Waals surface area contributed by atoms with Crippen LogP contribution in [0.15, 0.2) is 22.8 Å². The second-order valence-corrected chi connectivity index (χ2v) is 1.80. The van der Waals surface area contributed by atoms with Crippen molar-refractivity contribution in [1.82, 2.24) is 0 Å². The van der Waals surface area contributed by atoms with E-state index in [-0.39, 0.29) is 18.4 Å². The van der Waals surface area contributed by atoms with E-state index in [4.69, 9.17) is 10.2 Å². The maximum Gasteiger partial charge on any atom is 0.120 e. The molecular formula is C6H10ClNO. The molecule has 0 saturated heterocycles. The van der Waals surface area contributed by atoms with E-state index in [1.54, 1.807) is 6.26 Å².